The van der Waals surface area contributed by atoms with Crippen molar-refractivity contribution >= 4 is 11.9 Å². The molecule has 1 N–H and O–H groups in total. The van der Waals surface area contributed by atoms with Crippen molar-refractivity contribution in [3.8, 4) is 0 Å². The van der Waals surface area contributed by atoms with E-state index in [2.05, 4.69) is 6.92 Å². The molecule has 27 heavy (non-hydrogen) atoms. The van der Waals surface area contributed by atoms with Crippen LogP contribution in [-0.2, 0) is 9.59 Å². The number of unbranched alkanes of at least 4 members (excludes halogenated alkanes) is 15. The minimum Gasteiger partial charge on any atom is -0.480 e. The topological polar surface area (TPSA) is 57.6 Å². The van der Waals surface area contributed by atoms with Gasteiger partial charge in [-0.25, -0.2) is 4.79 Å². The monoisotopic (exact) mass is 381 g/mol. The van der Waals surface area contributed by atoms with E-state index in [1.165, 1.54) is 89.9 Å². The zero-order chi connectivity index (χ0) is 19.7. The standard InChI is InChI=1S/C23H43NO3/c1-2-3-4-5-6-7-8-9-10-11-12-13-14-15-16-17-20-24-21(23(26)27)18-19-22(24)25/h21H,2-20H2,1H3,(H,26,27). The van der Waals surface area contributed by atoms with E-state index in [1.807, 2.05) is 0 Å². The van der Waals surface area contributed by atoms with E-state index in [1.54, 1.807) is 4.90 Å². The fourth-order valence-corrected chi connectivity index (χ4v) is 4.10. The van der Waals surface area contributed by atoms with Crippen molar-refractivity contribution in [2.24, 2.45) is 0 Å². The number of nitrogens with zero attached hydrogens (tertiary/aromatic N) is 1. The van der Waals surface area contributed by atoms with Crippen LogP contribution in [0.5, 0.6) is 0 Å². The highest BCUT2D eigenvalue weighted by Gasteiger charge is 2.35. The van der Waals surface area contributed by atoms with E-state index >= 15 is 0 Å². The third-order valence-electron chi connectivity index (χ3n) is 5.87. The van der Waals surface area contributed by atoms with E-state index in [4.69, 9.17) is 5.11 Å². The number of aliphatic carboxylic acids is 1. The molecule has 0 radical (unpaired) electrons. The van der Waals surface area contributed by atoms with Crippen LogP contribution in [0.4, 0.5) is 0 Å². The van der Waals surface area contributed by atoms with Crippen molar-refractivity contribution in [3.05, 3.63) is 0 Å². The first-order chi connectivity index (χ1) is 13.2. The van der Waals surface area contributed by atoms with Crippen molar-refractivity contribution in [2.45, 2.75) is 129 Å². The Morgan fingerprint density at radius 3 is 1.63 bits per heavy atom. The predicted octanol–water partition coefficient (Wildman–Crippen LogP) is 6.32. The maximum atomic E-state index is 11.7. The average Bonchev–Trinajstić information content (AvgIpc) is 3.02. The molecule has 0 aliphatic carbocycles. The minimum absolute atomic E-state index is 0.0170. The number of likely N-dealkylation sites (tertiary alicyclic amines) is 1. The van der Waals surface area contributed by atoms with Crippen molar-refractivity contribution < 1.29 is 14.7 Å². The zero-order valence-corrected chi connectivity index (χ0v) is 17.7. The van der Waals surface area contributed by atoms with Gasteiger partial charge in [-0.05, 0) is 12.8 Å². The Hall–Kier alpha value is -1.06. The molecule has 0 aromatic rings. The van der Waals surface area contributed by atoms with Crippen molar-refractivity contribution in [2.75, 3.05) is 6.54 Å². The normalized spacial score (nSPS) is 17.0. The molecule has 1 unspecified atom stereocenters. The summed E-state index contributed by atoms with van der Waals surface area (Å²) in [5.74, 6) is -0.833. The van der Waals surface area contributed by atoms with Crippen LogP contribution in [0.3, 0.4) is 0 Å². The van der Waals surface area contributed by atoms with Gasteiger partial charge in [0.2, 0.25) is 5.91 Å². The molecule has 1 saturated heterocycles. The molecule has 4 nitrogen and oxygen atoms in total. The molecule has 0 aromatic carbocycles. The highest BCUT2D eigenvalue weighted by molar-refractivity contribution is 5.87. The van der Waals surface area contributed by atoms with Gasteiger partial charge in [-0.15, -0.1) is 0 Å². The van der Waals surface area contributed by atoms with Gasteiger partial charge in [0.05, 0.1) is 0 Å². The predicted molar refractivity (Wildman–Crippen MR) is 112 cm³/mol. The summed E-state index contributed by atoms with van der Waals surface area (Å²) in [6, 6.07) is -0.575. The molecule has 1 aliphatic heterocycles. The molecule has 1 amide bonds. The molecular weight excluding hydrogens is 338 g/mol. The molecule has 1 rings (SSSR count). The van der Waals surface area contributed by atoms with E-state index in [0.717, 1.165) is 12.8 Å². The van der Waals surface area contributed by atoms with E-state index in [0.29, 0.717) is 19.4 Å². The molecule has 1 aliphatic rings. The molecule has 4 heteroatoms. The summed E-state index contributed by atoms with van der Waals surface area (Å²) in [6.07, 6.45) is 22.1. The summed E-state index contributed by atoms with van der Waals surface area (Å²) >= 11 is 0. The number of rotatable bonds is 18. The van der Waals surface area contributed by atoms with E-state index < -0.39 is 12.0 Å². The second-order valence-corrected chi connectivity index (χ2v) is 8.28. The summed E-state index contributed by atoms with van der Waals surface area (Å²) < 4.78 is 0. The lowest BCUT2D eigenvalue weighted by atomic mass is 10.0. The Kier molecular flexibility index (Phi) is 14.2. The Morgan fingerprint density at radius 1 is 0.815 bits per heavy atom. The van der Waals surface area contributed by atoms with Crippen molar-refractivity contribution in [3.63, 3.8) is 0 Å². The van der Waals surface area contributed by atoms with Crippen molar-refractivity contribution in [1.29, 1.82) is 0 Å². The molecule has 158 valence electrons. The number of hydrogen-bond acceptors (Lipinski definition) is 2. The Balaban J connectivity index is 1.82. The number of carbonyl (C=O) groups is 2. The highest BCUT2D eigenvalue weighted by Crippen LogP contribution is 2.20. The van der Waals surface area contributed by atoms with Gasteiger partial charge in [0, 0.05) is 13.0 Å². The summed E-state index contributed by atoms with van der Waals surface area (Å²) in [6.45, 7) is 2.89. The number of carboxylic acids is 1. The average molecular weight is 382 g/mol. The van der Waals surface area contributed by atoms with Gasteiger partial charge in [-0.1, -0.05) is 103 Å². The van der Waals surface area contributed by atoms with Crippen LogP contribution in [0.25, 0.3) is 0 Å². The number of carboxylic acid groups (broad SMARTS) is 1. The quantitative estimate of drug-likeness (QED) is 0.282. The SMILES string of the molecule is CCCCCCCCCCCCCCCCCCN1C(=O)CCC1C(=O)O. The van der Waals surface area contributed by atoms with Crippen LogP contribution in [0.1, 0.15) is 122 Å². The maximum absolute atomic E-state index is 11.7. The summed E-state index contributed by atoms with van der Waals surface area (Å²) in [5.41, 5.74) is 0. The summed E-state index contributed by atoms with van der Waals surface area (Å²) in [7, 11) is 0. The first-order valence-corrected chi connectivity index (χ1v) is 11.7. The van der Waals surface area contributed by atoms with Crippen LogP contribution >= 0.6 is 0 Å². The summed E-state index contributed by atoms with van der Waals surface area (Å²) in [5, 5.41) is 9.14. The first-order valence-electron chi connectivity index (χ1n) is 11.7. The molecule has 0 spiro atoms. The van der Waals surface area contributed by atoms with Gasteiger partial charge in [-0.2, -0.15) is 0 Å². The lowest BCUT2D eigenvalue weighted by Crippen LogP contribution is -2.39. The van der Waals surface area contributed by atoms with Gasteiger partial charge in [0.1, 0.15) is 6.04 Å². The minimum atomic E-state index is -0.850. The van der Waals surface area contributed by atoms with Gasteiger partial charge < -0.3 is 10.0 Å². The smallest absolute Gasteiger partial charge is 0.326 e. The molecule has 0 aromatic heterocycles. The van der Waals surface area contributed by atoms with Crippen molar-refractivity contribution in [1.82, 2.24) is 4.90 Å². The molecule has 1 heterocycles. The third kappa shape index (κ3) is 11.4. The molecule has 0 bridgehead atoms. The molecule has 1 atom stereocenters. The highest BCUT2D eigenvalue weighted by atomic mass is 16.4. The van der Waals surface area contributed by atoms with Crippen LogP contribution in [0.2, 0.25) is 0 Å². The van der Waals surface area contributed by atoms with Crippen LogP contribution < -0.4 is 0 Å². The lowest BCUT2D eigenvalue weighted by molar-refractivity contribution is -0.146. The largest absolute Gasteiger partial charge is 0.480 e. The second kappa shape index (κ2) is 15.9. The Labute approximate surface area is 167 Å². The fraction of sp³-hybridized carbons (Fsp3) is 0.913. The summed E-state index contributed by atoms with van der Waals surface area (Å²) in [4.78, 5) is 24.5. The van der Waals surface area contributed by atoms with Crippen LogP contribution in [0.15, 0.2) is 0 Å². The van der Waals surface area contributed by atoms with E-state index in [9.17, 15) is 9.59 Å². The van der Waals surface area contributed by atoms with E-state index in [-0.39, 0.29) is 5.91 Å². The maximum Gasteiger partial charge on any atom is 0.326 e. The first kappa shape index (κ1) is 24.0. The number of hydrogen-bond donors (Lipinski definition) is 1. The second-order valence-electron chi connectivity index (χ2n) is 8.28. The fourth-order valence-electron chi connectivity index (χ4n) is 4.10. The Bertz CT molecular complexity index is 397. The van der Waals surface area contributed by atoms with Crippen LogP contribution in [0, 0.1) is 0 Å². The van der Waals surface area contributed by atoms with Gasteiger partial charge >= 0.3 is 5.97 Å². The van der Waals surface area contributed by atoms with Gasteiger partial charge in [0.15, 0.2) is 0 Å². The zero-order valence-electron chi connectivity index (χ0n) is 17.7. The molecule has 1 fully saturated rings. The number of carbonyl (C=O) groups excluding carboxylic acids is 1. The lowest BCUT2D eigenvalue weighted by Gasteiger charge is -2.21. The van der Waals surface area contributed by atoms with Gasteiger partial charge in [0.25, 0.3) is 0 Å². The molecular formula is C23H43NO3. The van der Waals surface area contributed by atoms with Crippen LogP contribution in [-0.4, -0.2) is 34.5 Å². The number of amides is 1. The third-order valence-corrected chi connectivity index (χ3v) is 5.87. The van der Waals surface area contributed by atoms with Gasteiger partial charge in [-0.3, -0.25) is 4.79 Å². The molecule has 0 saturated carbocycles. The Morgan fingerprint density at radius 2 is 1.22 bits per heavy atom.